The van der Waals surface area contributed by atoms with Gasteiger partial charge in [-0.25, -0.2) is 4.68 Å². The van der Waals surface area contributed by atoms with Crippen molar-refractivity contribution in [1.82, 2.24) is 15.1 Å². The van der Waals surface area contributed by atoms with E-state index in [0.717, 1.165) is 30.6 Å². The average Bonchev–Trinajstić information content (AvgIpc) is 2.36. The largest absolute Gasteiger partial charge is 0.312 e. The zero-order valence-corrected chi connectivity index (χ0v) is 14.5. The molecular weight excluding hydrogens is 262 g/mol. The fourth-order valence-corrected chi connectivity index (χ4v) is 2.08. The number of hydrogen-bond donors (Lipinski definition) is 1. The average molecular weight is 293 g/mol. The molecule has 0 fully saturated rings. The van der Waals surface area contributed by atoms with Gasteiger partial charge in [0.2, 0.25) is 0 Å². The van der Waals surface area contributed by atoms with Gasteiger partial charge in [-0.3, -0.25) is 4.79 Å². The molecule has 0 aliphatic carbocycles. The summed E-state index contributed by atoms with van der Waals surface area (Å²) in [5.41, 5.74) is 1.80. The lowest BCUT2D eigenvalue weighted by Crippen LogP contribution is -2.33. The van der Waals surface area contributed by atoms with Crippen LogP contribution < -0.4 is 10.9 Å². The van der Waals surface area contributed by atoms with Crippen LogP contribution in [0.3, 0.4) is 0 Å². The van der Waals surface area contributed by atoms with Crippen molar-refractivity contribution in [1.29, 1.82) is 0 Å². The molecule has 4 heteroatoms. The molecule has 0 saturated heterocycles. The van der Waals surface area contributed by atoms with Gasteiger partial charge in [0.05, 0.1) is 5.69 Å². The Balaban J connectivity index is 3.06. The van der Waals surface area contributed by atoms with Crippen molar-refractivity contribution >= 4 is 0 Å². The molecular formula is C17H31N3O. The van der Waals surface area contributed by atoms with Gasteiger partial charge in [-0.2, -0.15) is 5.10 Å². The molecule has 120 valence electrons. The van der Waals surface area contributed by atoms with E-state index < -0.39 is 0 Å². The van der Waals surface area contributed by atoms with Crippen LogP contribution in [0.25, 0.3) is 0 Å². The third-order valence-corrected chi connectivity index (χ3v) is 3.38. The van der Waals surface area contributed by atoms with Crippen LogP contribution in [0.4, 0.5) is 0 Å². The minimum atomic E-state index is -0.0510. The van der Waals surface area contributed by atoms with Crippen molar-refractivity contribution in [3.8, 4) is 0 Å². The summed E-state index contributed by atoms with van der Waals surface area (Å²) in [4.78, 5) is 12.5. The Kier molecular flexibility index (Phi) is 6.59. The lowest BCUT2D eigenvalue weighted by Gasteiger charge is -2.21. The van der Waals surface area contributed by atoms with Crippen LogP contribution in [0.2, 0.25) is 0 Å². The van der Waals surface area contributed by atoms with Crippen LogP contribution >= 0.6 is 0 Å². The molecule has 0 radical (unpaired) electrons. The van der Waals surface area contributed by atoms with Gasteiger partial charge in [-0.05, 0) is 24.9 Å². The molecule has 1 rings (SSSR count). The van der Waals surface area contributed by atoms with Gasteiger partial charge in [0.25, 0.3) is 5.56 Å². The van der Waals surface area contributed by atoms with Crippen molar-refractivity contribution in [2.24, 2.45) is 5.92 Å². The second-order valence-corrected chi connectivity index (χ2v) is 7.22. The van der Waals surface area contributed by atoms with Gasteiger partial charge in [0.1, 0.15) is 0 Å². The minimum absolute atomic E-state index is 0.0423. The number of hydrogen-bond acceptors (Lipinski definition) is 3. The monoisotopic (exact) mass is 293 g/mol. The topological polar surface area (TPSA) is 46.9 Å². The van der Waals surface area contributed by atoms with E-state index in [4.69, 9.17) is 0 Å². The van der Waals surface area contributed by atoms with E-state index in [0.29, 0.717) is 19.0 Å². The zero-order valence-electron chi connectivity index (χ0n) is 14.5. The summed E-state index contributed by atoms with van der Waals surface area (Å²) >= 11 is 0. The molecule has 0 amide bonds. The van der Waals surface area contributed by atoms with Gasteiger partial charge in [0.15, 0.2) is 0 Å². The fraction of sp³-hybridized carbons (Fsp3) is 0.765. The number of aromatic nitrogens is 2. The maximum Gasteiger partial charge on any atom is 0.271 e. The summed E-state index contributed by atoms with van der Waals surface area (Å²) in [6, 6.07) is 1.97. The van der Waals surface area contributed by atoms with E-state index in [1.165, 1.54) is 0 Å². The maximum absolute atomic E-state index is 12.5. The normalized spacial score (nSPS) is 12.1. The standard InChI is InChI=1S/C17H31N3O/c1-7-8-9-18-11-14-10-15(17(4,5)6)19-20(16(14)21)12-13(2)3/h10,13,18H,7-9,11-12H2,1-6H3. The smallest absolute Gasteiger partial charge is 0.271 e. The lowest BCUT2D eigenvalue weighted by molar-refractivity contribution is 0.434. The molecule has 4 nitrogen and oxygen atoms in total. The second-order valence-electron chi connectivity index (χ2n) is 7.22. The van der Waals surface area contributed by atoms with Gasteiger partial charge >= 0.3 is 0 Å². The fourth-order valence-electron chi connectivity index (χ4n) is 2.08. The lowest BCUT2D eigenvalue weighted by atomic mass is 9.91. The molecule has 21 heavy (non-hydrogen) atoms. The summed E-state index contributed by atoms with van der Waals surface area (Å²) in [6.45, 7) is 15.0. The Morgan fingerprint density at radius 3 is 2.52 bits per heavy atom. The van der Waals surface area contributed by atoms with Crippen molar-refractivity contribution in [2.45, 2.75) is 72.9 Å². The molecule has 1 aromatic heterocycles. The minimum Gasteiger partial charge on any atom is -0.312 e. The molecule has 0 atom stereocenters. The van der Waals surface area contributed by atoms with E-state index >= 15 is 0 Å². The second kappa shape index (κ2) is 7.74. The first-order chi connectivity index (χ1) is 9.75. The van der Waals surface area contributed by atoms with Crippen LogP contribution in [0.1, 0.15) is 65.6 Å². The first-order valence-electron chi connectivity index (χ1n) is 8.08. The molecule has 0 bridgehead atoms. The molecule has 0 unspecified atom stereocenters. The molecule has 0 aromatic carbocycles. The van der Waals surface area contributed by atoms with E-state index in [9.17, 15) is 4.79 Å². The van der Waals surface area contributed by atoms with Crippen LogP contribution in [0.15, 0.2) is 10.9 Å². The first kappa shape index (κ1) is 17.9. The highest BCUT2D eigenvalue weighted by molar-refractivity contribution is 5.19. The molecule has 1 N–H and O–H groups in total. The van der Waals surface area contributed by atoms with Gasteiger partial charge in [0, 0.05) is 24.1 Å². The van der Waals surface area contributed by atoms with E-state index in [2.05, 4.69) is 52.0 Å². The van der Waals surface area contributed by atoms with Crippen LogP contribution in [-0.2, 0) is 18.5 Å². The Morgan fingerprint density at radius 1 is 1.33 bits per heavy atom. The first-order valence-corrected chi connectivity index (χ1v) is 8.08. The van der Waals surface area contributed by atoms with Gasteiger partial charge < -0.3 is 5.32 Å². The summed E-state index contributed by atoms with van der Waals surface area (Å²) in [6.07, 6.45) is 2.30. The third kappa shape index (κ3) is 5.62. The maximum atomic E-state index is 12.5. The van der Waals surface area contributed by atoms with Gasteiger partial charge in [-0.15, -0.1) is 0 Å². The van der Waals surface area contributed by atoms with Crippen LogP contribution in [0, 0.1) is 5.92 Å². The Labute approximate surface area is 129 Å². The SMILES string of the molecule is CCCCNCc1cc(C(C)(C)C)nn(CC(C)C)c1=O. The highest BCUT2D eigenvalue weighted by Gasteiger charge is 2.19. The Morgan fingerprint density at radius 2 is 2.00 bits per heavy atom. The van der Waals surface area contributed by atoms with Crippen molar-refractivity contribution in [3.05, 3.63) is 27.7 Å². The molecule has 1 aromatic rings. The van der Waals surface area contributed by atoms with Crippen molar-refractivity contribution in [3.63, 3.8) is 0 Å². The Bertz CT molecular complexity index is 498. The predicted molar refractivity (Wildman–Crippen MR) is 88.6 cm³/mol. The third-order valence-electron chi connectivity index (χ3n) is 3.38. The summed E-state index contributed by atoms with van der Waals surface area (Å²) < 4.78 is 1.64. The number of nitrogens with zero attached hydrogens (tertiary/aromatic N) is 2. The highest BCUT2D eigenvalue weighted by Crippen LogP contribution is 2.19. The van der Waals surface area contributed by atoms with E-state index in [1.54, 1.807) is 4.68 Å². The molecule has 0 aliphatic heterocycles. The van der Waals surface area contributed by atoms with Crippen LogP contribution in [0.5, 0.6) is 0 Å². The number of unbranched alkanes of at least 4 members (excludes halogenated alkanes) is 1. The number of nitrogens with one attached hydrogen (secondary N) is 1. The van der Waals surface area contributed by atoms with E-state index in [-0.39, 0.29) is 11.0 Å². The predicted octanol–water partition coefficient (Wildman–Crippen LogP) is 3.09. The van der Waals surface area contributed by atoms with Gasteiger partial charge in [-0.1, -0.05) is 48.0 Å². The summed E-state index contributed by atoms with van der Waals surface area (Å²) in [5, 5.41) is 7.93. The molecule has 0 spiro atoms. The zero-order chi connectivity index (χ0) is 16.0. The van der Waals surface area contributed by atoms with E-state index in [1.807, 2.05) is 6.07 Å². The Hall–Kier alpha value is -1.16. The number of rotatable bonds is 7. The summed E-state index contributed by atoms with van der Waals surface area (Å²) in [5.74, 6) is 0.409. The van der Waals surface area contributed by atoms with Crippen molar-refractivity contribution < 1.29 is 0 Å². The molecule has 0 aliphatic rings. The van der Waals surface area contributed by atoms with Crippen molar-refractivity contribution in [2.75, 3.05) is 6.54 Å². The highest BCUT2D eigenvalue weighted by atomic mass is 16.1. The molecule has 0 saturated carbocycles. The molecule has 1 heterocycles. The quantitative estimate of drug-likeness (QED) is 0.786. The van der Waals surface area contributed by atoms with Crippen LogP contribution in [-0.4, -0.2) is 16.3 Å². The summed E-state index contributed by atoms with van der Waals surface area (Å²) in [7, 11) is 0.